The van der Waals surface area contributed by atoms with Crippen molar-refractivity contribution >= 4 is 11.8 Å². The first-order chi connectivity index (χ1) is 8.22. The van der Waals surface area contributed by atoms with Crippen LogP contribution in [0.4, 0.5) is 5.82 Å². The lowest BCUT2D eigenvalue weighted by Crippen LogP contribution is -2.07. The third kappa shape index (κ3) is 2.28. The highest BCUT2D eigenvalue weighted by Gasteiger charge is 2.14. The molecule has 2 aromatic rings. The predicted molar refractivity (Wildman–Crippen MR) is 63.9 cm³/mol. The van der Waals surface area contributed by atoms with Gasteiger partial charge in [-0.3, -0.25) is 0 Å². The minimum atomic E-state index is -0.464. The number of anilines is 1. The van der Waals surface area contributed by atoms with Gasteiger partial charge in [0.05, 0.1) is 12.3 Å². The molecule has 0 saturated carbocycles. The average Bonchev–Trinajstić information content (AvgIpc) is 2.73. The van der Waals surface area contributed by atoms with E-state index in [0.717, 1.165) is 5.69 Å². The average molecular weight is 231 g/mol. The van der Waals surface area contributed by atoms with Crippen molar-refractivity contribution in [3.63, 3.8) is 0 Å². The van der Waals surface area contributed by atoms with Gasteiger partial charge in [-0.1, -0.05) is 18.2 Å². The van der Waals surface area contributed by atoms with Gasteiger partial charge in [0, 0.05) is 6.07 Å². The maximum Gasteiger partial charge on any atom is 0.358 e. The molecule has 0 aliphatic rings. The maximum absolute atomic E-state index is 11.5. The van der Waals surface area contributed by atoms with Gasteiger partial charge in [-0.05, 0) is 19.1 Å². The third-order valence-electron chi connectivity index (χ3n) is 2.22. The molecule has 0 atom stereocenters. The molecule has 1 aromatic carbocycles. The van der Waals surface area contributed by atoms with Crippen molar-refractivity contribution in [3.05, 3.63) is 42.1 Å². The second kappa shape index (κ2) is 4.69. The fraction of sp³-hybridized carbons (Fsp3) is 0.167. The van der Waals surface area contributed by atoms with E-state index in [0.29, 0.717) is 12.4 Å². The van der Waals surface area contributed by atoms with Crippen LogP contribution in [-0.4, -0.2) is 22.4 Å². The molecule has 0 saturated heterocycles. The van der Waals surface area contributed by atoms with Crippen molar-refractivity contribution in [2.24, 2.45) is 0 Å². The maximum atomic E-state index is 11.5. The van der Waals surface area contributed by atoms with Crippen LogP contribution in [0.25, 0.3) is 5.69 Å². The van der Waals surface area contributed by atoms with Gasteiger partial charge in [0.15, 0.2) is 5.69 Å². The van der Waals surface area contributed by atoms with Crippen molar-refractivity contribution in [1.29, 1.82) is 0 Å². The van der Waals surface area contributed by atoms with Gasteiger partial charge < -0.3 is 10.5 Å². The van der Waals surface area contributed by atoms with Crippen LogP contribution in [0.1, 0.15) is 17.4 Å². The van der Waals surface area contributed by atoms with E-state index < -0.39 is 5.97 Å². The van der Waals surface area contributed by atoms with Crippen LogP contribution < -0.4 is 5.73 Å². The normalized spacial score (nSPS) is 10.2. The van der Waals surface area contributed by atoms with Gasteiger partial charge in [-0.15, -0.1) is 0 Å². The summed E-state index contributed by atoms with van der Waals surface area (Å²) in [6.07, 6.45) is 0. The Hall–Kier alpha value is -2.30. The monoisotopic (exact) mass is 231 g/mol. The van der Waals surface area contributed by atoms with E-state index >= 15 is 0 Å². The summed E-state index contributed by atoms with van der Waals surface area (Å²) >= 11 is 0. The van der Waals surface area contributed by atoms with Crippen LogP contribution in [0.5, 0.6) is 0 Å². The summed E-state index contributed by atoms with van der Waals surface area (Å²) < 4.78 is 6.37. The molecule has 0 fully saturated rings. The number of esters is 1. The van der Waals surface area contributed by atoms with Gasteiger partial charge in [-0.25, -0.2) is 9.48 Å². The fourth-order valence-electron chi connectivity index (χ4n) is 1.48. The van der Waals surface area contributed by atoms with E-state index in [1.165, 1.54) is 10.7 Å². The van der Waals surface area contributed by atoms with Crippen molar-refractivity contribution in [3.8, 4) is 5.69 Å². The van der Waals surface area contributed by atoms with E-state index in [2.05, 4.69) is 5.10 Å². The lowest BCUT2D eigenvalue weighted by atomic mass is 10.3. The molecule has 1 heterocycles. The van der Waals surface area contributed by atoms with Crippen LogP contribution in [0.15, 0.2) is 36.4 Å². The number of nitrogens with zero attached hydrogens (tertiary/aromatic N) is 2. The fourth-order valence-corrected chi connectivity index (χ4v) is 1.48. The van der Waals surface area contributed by atoms with Gasteiger partial charge in [-0.2, -0.15) is 5.10 Å². The Labute approximate surface area is 98.8 Å². The highest BCUT2D eigenvalue weighted by Crippen LogP contribution is 2.14. The van der Waals surface area contributed by atoms with Crippen LogP contribution in [0.3, 0.4) is 0 Å². The van der Waals surface area contributed by atoms with Crippen LogP contribution in [-0.2, 0) is 4.74 Å². The Balaban J connectivity index is 2.35. The quantitative estimate of drug-likeness (QED) is 0.815. The molecule has 0 spiro atoms. The number of nitrogen functional groups attached to an aromatic ring is 1. The van der Waals surface area contributed by atoms with E-state index in [4.69, 9.17) is 10.5 Å². The summed E-state index contributed by atoms with van der Waals surface area (Å²) in [5, 5.41) is 4.12. The van der Waals surface area contributed by atoms with E-state index in [-0.39, 0.29) is 5.69 Å². The highest BCUT2D eigenvalue weighted by molar-refractivity contribution is 5.88. The zero-order valence-corrected chi connectivity index (χ0v) is 9.46. The minimum Gasteiger partial charge on any atom is -0.461 e. The molecule has 0 radical (unpaired) electrons. The number of para-hydroxylation sites is 1. The number of nitrogens with two attached hydrogens (primary N) is 1. The lowest BCUT2D eigenvalue weighted by Gasteiger charge is -2.02. The second-order valence-electron chi connectivity index (χ2n) is 3.42. The van der Waals surface area contributed by atoms with Gasteiger partial charge >= 0.3 is 5.97 Å². The Kier molecular flexibility index (Phi) is 3.09. The van der Waals surface area contributed by atoms with Crippen LogP contribution in [0, 0.1) is 0 Å². The molecule has 1 aromatic heterocycles. The number of benzene rings is 1. The highest BCUT2D eigenvalue weighted by atomic mass is 16.5. The molecule has 0 bridgehead atoms. The first-order valence-corrected chi connectivity index (χ1v) is 5.30. The Morgan fingerprint density at radius 2 is 2.12 bits per heavy atom. The Morgan fingerprint density at radius 3 is 2.76 bits per heavy atom. The number of hydrogen-bond acceptors (Lipinski definition) is 4. The van der Waals surface area contributed by atoms with E-state index in [1.54, 1.807) is 6.92 Å². The molecule has 5 heteroatoms. The zero-order chi connectivity index (χ0) is 12.3. The van der Waals surface area contributed by atoms with E-state index in [1.807, 2.05) is 30.3 Å². The molecule has 0 amide bonds. The number of carbonyl (C=O) groups excluding carboxylic acids is 1. The van der Waals surface area contributed by atoms with Gasteiger partial charge in [0.2, 0.25) is 0 Å². The summed E-state index contributed by atoms with van der Waals surface area (Å²) in [6, 6.07) is 10.9. The predicted octanol–water partition coefficient (Wildman–Crippen LogP) is 1.63. The zero-order valence-electron chi connectivity index (χ0n) is 9.46. The number of carbonyl (C=O) groups is 1. The number of rotatable bonds is 3. The second-order valence-corrected chi connectivity index (χ2v) is 3.42. The third-order valence-corrected chi connectivity index (χ3v) is 2.22. The number of hydrogen-bond donors (Lipinski definition) is 1. The van der Waals surface area contributed by atoms with Crippen LogP contribution >= 0.6 is 0 Å². The topological polar surface area (TPSA) is 70.1 Å². The van der Waals surface area contributed by atoms with E-state index in [9.17, 15) is 4.79 Å². The molecular formula is C12H13N3O2. The minimum absolute atomic E-state index is 0.216. The molecule has 0 unspecified atom stereocenters. The van der Waals surface area contributed by atoms with Crippen molar-refractivity contribution < 1.29 is 9.53 Å². The smallest absolute Gasteiger partial charge is 0.358 e. The Bertz CT molecular complexity index is 520. The number of ether oxygens (including phenoxy) is 1. The molecule has 2 rings (SSSR count). The largest absolute Gasteiger partial charge is 0.461 e. The molecule has 17 heavy (non-hydrogen) atoms. The van der Waals surface area contributed by atoms with Crippen LogP contribution in [0.2, 0.25) is 0 Å². The summed E-state index contributed by atoms with van der Waals surface area (Å²) in [7, 11) is 0. The molecule has 0 aliphatic heterocycles. The number of aromatic nitrogens is 2. The summed E-state index contributed by atoms with van der Waals surface area (Å²) in [6.45, 7) is 2.06. The molecular weight excluding hydrogens is 218 g/mol. The summed E-state index contributed by atoms with van der Waals surface area (Å²) in [4.78, 5) is 11.5. The summed E-state index contributed by atoms with van der Waals surface area (Å²) in [5.74, 6) is -0.0619. The molecule has 0 aliphatic carbocycles. The van der Waals surface area contributed by atoms with Crippen molar-refractivity contribution in [2.75, 3.05) is 12.3 Å². The standard InChI is InChI=1S/C12H13N3O2/c1-2-17-12(16)10-8-11(13)15(14-10)9-6-4-3-5-7-9/h3-8H,2,13H2,1H3. The molecule has 2 N–H and O–H groups in total. The SMILES string of the molecule is CCOC(=O)c1cc(N)n(-c2ccccc2)n1. The lowest BCUT2D eigenvalue weighted by molar-refractivity contribution is 0.0519. The summed E-state index contributed by atoms with van der Waals surface area (Å²) in [5.41, 5.74) is 6.82. The molecule has 88 valence electrons. The first kappa shape index (κ1) is 11.2. The first-order valence-electron chi connectivity index (χ1n) is 5.30. The van der Waals surface area contributed by atoms with Gasteiger partial charge in [0.1, 0.15) is 5.82 Å². The van der Waals surface area contributed by atoms with Crippen molar-refractivity contribution in [1.82, 2.24) is 9.78 Å². The Morgan fingerprint density at radius 1 is 1.41 bits per heavy atom. The molecule has 5 nitrogen and oxygen atoms in total. The van der Waals surface area contributed by atoms with Gasteiger partial charge in [0.25, 0.3) is 0 Å². The van der Waals surface area contributed by atoms with Crippen molar-refractivity contribution in [2.45, 2.75) is 6.92 Å².